The average Bonchev–Trinajstić information content (AvgIpc) is 2.90. The van der Waals surface area contributed by atoms with E-state index in [1.54, 1.807) is 0 Å². The van der Waals surface area contributed by atoms with Crippen LogP contribution in [0.2, 0.25) is 0 Å². The van der Waals surface area contributed by atoms with Crippen LogP contribution in [0.4, 0.5) is 5.69 Å². The number of aliphatic hydroxyl groups is 1. The smallest absolute Gasteiger partial charge is 0.0556 e. The molecule has 1 heterocycles. The Morgan fingerprint density at radius 2 is 2.12 bits per heavy atom. The number of hydrogen-bond donors (Lipinski definition) is 2. The maximum atomic E-state index is 8.82. The molecule has 1 saturated heterocycles. The van der Waals surface area contributed by atoms with Crippen LogP contribution in [0.15, 0.2) is 24.3 Å². The fourth-order valence-electron chi connectivity index (χ4n) is 2.37. The molecule has 3 nitrogen and oxygen atoms in total. The molecule has 0 spiro atoms. The highest BCUT2D eigenvalue weighted by molar-refractivity contribution is 5.49. The molecule has 3 heteroatoms. The third-order valence-corrected chi connectivity index (χ3v) is 3.40. The predicted octanol–water partition coefficient (Wildman–Crippen LogP) is 1.93. The Morgan fingerprint density at radius 1 is 1.35 bits per heavy atom. The monoisotopic (exact) mass is 234 g/mol. The van der Waals surface area contributed by atoms with Gasteiger partial charge in [-0.3, -0.25) is 0 Å². The van der Waals surface area contributed by atoms with E-state index in [1.165, 1.54) is 37.2 Å². The van der Waals surface area contributed by atoms with E-state index in [-0.39, 0.29) is 6.61 Å². The number of benzene rings is 1. The molecule has 1 unspecified atom stereocenters. The molecule has 1 fully saturated rings. The van der Waals surface area contributed by atoms with Gasteiger partial charge >= 0.3 is 0 Å². The summed E-state index contributed by atoms with van der Waals surface area (Å²) < 4.78 is 0. The van der Waals surface area contributed by atoms with E-state index in [0.29, 0.717) is 12.6 Å². The first-order chi connectivity index (χ1) is 8.31. The molecule has 17 heavy (non-hydrogen) atoms. The molecule has 0 aromatic heterocycles. The Bertz CT molecular complexity index is 348. The molecule has 0 bridgehead atoms. The fourth-order valence-corrected chi connectivity index (χ4v) is 2.37. The molecule has 1 aliphatic rings. The van der Waals surface area contributed by atoms with Crippen LogP contribution in [0.5, 0.6) is 0 Å². The number of aliphatic hydroxyl groups excluding tert-OH is 1. The van der Waals surface area contributed by atoms with E-state index in [4.69, 9.17) is 5.11 Å². The first-order valence-electron chi connectivity index (χ1n) is 6.50. The number of nitrogens with zero attached hydrogens (tertiary/aromatic N) is 1. The first kappa shape index (κ1) is 12.4. The molecule has 0 saturated carbocycles. The van der Waals surface area contributed by atoms with E-state index in [9.17, 15) is 0 Å². The Hall–Kier alpha value is -1.06. The van der Waals surface area contributed by atoms with Crippen LogP contribution in [0.1, 0.15) is 31.4 Å². The zero-order valence-corrected chi connectivity index (χ0v) is 10.5. The van der Waals surface area contributed by atoms with E-state index < -0.39 is 0 Å². The maximum absolute atomic E-state index is 8.82. The minimum atomic E-state index is 0.191. The van der Waals surface area contributed by atoms with Crippen molar-refractivity contribution >= 4 is 5.69 Å². The molecule has 1 aliphatic heterocycles. The molecule has 0 aliphatic carbocycles. The quantitative estimate of drug-likeness (QED) is 0.817. The van der Waals surface area contributed by atoms with Gasteiger partial charge in [-0.15, -0.1) is 0 Å². The summed E-state index contributed by atoms with van der Waals surface area (Å²) in [6.07, 6.45) is 2.62. The first-order valence-corrected chi connectivity index (χ1v) is 6.50. The highest BCUT2D eigenvalue weighted by Gasteiger charge is 2.13. The molecule has 0 amide bonds. The zero-order chi connectivity index (χ0) is 12.1. The number of nitrogens with one attached hydrogen (secondary N) is 1. The normalized spacial score (nSPS) is 17.4. The van der Waals surface area contributed by atoms with Crippen molar-refractivity contribution in [1.82, 2.24) is 5.32 Å². The molecule has 2 rings (SSSR count). The van der Waals surface area contributed by atoms with E-state index in [0.717, 1.165) is 0 Å². The molecule has 2 N–H and O–H groups in total. The second-order valence-corrected chi connectivity index (χ2v) is 4.69. The van der Waals surface area contributed by atoms with Gasteiger partial charge in [0.25, 0.3) is 0 Å². The van der Waals surface area contributed by atoms with Gasteiger partial charge in [-0.25, -0.2) is 0 Å². The summed E-state index contributed by atoms with van der Waals surface area (Å²) in [5.74, 6) is 0. The van der Waals surface area contributed by atoms with Gasteiger partial charge in [0.2, 0.25) is 0 Å². The third-order valence-electron chi connectivity index (χ3n) is 3.40. The molecule has 1 aromatic rings. The van der Waals surface area contributed by atoms with Crippen molar-refractivity contribution in [1.29, 1.82) is 0 Å². The van der Waals surface area contributed by atoms with Crippen molar-refractivity contribution in [3.63, 3.8) is 0 Å². The van der Waals surface area contributed by atoms with Gasteiger partial charge in [0.15, 0.2) is 0 Å². The highest BCUT2D eigenvalue weighted by Crippen LogP contribution is 2.23. The fraction of sp³-hybridized carbons (Fsp3) is 0.571. The van der Waals surface area contributed by atoms with Gasteiger partial charge in [0.05, 0.1) is 6.61 Å². The molecule has 0 radical (unpaired) electrons. The van der Waals surface area contributed by atoms with Crippen molar-refractivity contribution in [2.45, 2.75) is 25.8 Å². The summed E-state index contributed by atoms with van der Waals surface area (Å²) >= 11 is 0. The van der Waals surface area contributed by atoms with Crippen LogP contribution >= 0.6 is 0 Å². The van der Waals surface area contributed by atoms with E-state index >= 15 is 0 Å². The van der Waals surface area contributed by atoms with Crippen LogP contribution in [0.25, 0.3) is 0 Å². The summed E-state index contributed by atoms with van der Waals surface area (Å²) in [7, 11) is 0. The lowest BCUT2D eigenvalue weighted by Crippen LogP contribution is -2.23. The van der Waals surface area contributed by atoms with Gasteiger partial charge < -0.3 is 15.3 Å². The number of hydrogen-bond acceptors (Lipinski definition) is 3. The van der Waals surface area contributed by atoms with Gasteiger partial charge in [-0.2, -0.15) is 0 Å². The van der Waals surface area contributed by atoms with Crippen LogP contribution < -0.4 is 10.2 Å². The Labute approximate surface area is 103 Å². The van der Waals surface area contributed by atoms with Gasteiger partial charge in [-0.05, 0) is 37.5 Å². The SMILES string of the molecule is CC(NCCO)c1cccc(N2CCCC2)c1. The Kier molecular flexibility index (Phi) is 4.40. The standard InChI is InChI=1S/C14H22N2O/c1-12(15-7-10-17)13-5-4-6-14(11-13)16-8-2-3-9-16/h4-6,11-12,15,17H,2-3,7-10H2,1H3. The Balaban J connectivity index is 2.05. The lowest BCUT2D eigenvalue weighted by Gasteiger charge is -2.20. The van der Waals surface area contributed by atoms with Crippen molar-refractivity contribution in [3.05, 3.63) is 29.8 Å². The number of anilines is 1. The highest BCUT2D eigenvalue weighted by atomic mass is 16.3. The third kappa shape index (κ3) is 3.20. The largest absolute Gasteiger partial charge is 0.395 e. The van der Waals surface area contributed by atoms with Crippen molar-refractivity contribution in [3.8, 4) is 0 Å². The summed E-state index contributed by atoms with van der Waals surface area (Å²) in [6.45, 7) is 5.34. The van der Waals surface area contributed by atoms with Crippen LogP contribution in [-0.2, 0) is 0 Å². The molecular formula is C14H22N2O. The summed E-state index contributed by atoms with van der Waals surface area (Å²) in [6, 6.07) is 9.02. The van der Waals surface area contributed by atoms with E-state index in [1.807, 2.05) is 0 Å². The van der Waals surface area contributed by atoms with Crippen molar-refractivity contribution in [2.75, 3.05) is 31.1 Å². The Morgan fingerprint density at radius 3 is 2.82 bits per heavy atom. The second-order valence-electron chi connectivity index (χ2n) is 4.69. The van der Waals surface area contributed by atoms with Crippen LogP contribution in [-0.4, -0.2) is 31.3 Å². The van der Waals surface area contributed by atoms with Crippen molar-refractivity contribution in [2.24, 2.45) is 0 Å². The lowest BCUT2D eigenvalue weighted by atomic mass is 10.1. The topological polar surface area (TPSA) is 35.5 Å². The maximum Gasteiger partial charge on any atom is 0.0556 e. The predicted molar refractivity (Wildman–Crippen MR) is 71.4 cm³/mol. The molecule has 1 atom stereocenters. The molecule has 1 aromatic carbocycles. The number of rotatable bonds is 5. The van der Waals surface area contributed by atoms with E-state index in [2.05, 4.69) is 41.4 Å². The summed E-state index contributed by atoms with van der Waals surface area (Å²) in [5, 5.41) is 12.1. The molecule has 94 valence electrons. The minimum absolute atomic E-state index is 0.191. The van der Waals surface area contributed by atoms with Gasteiger partial charge in [0.1, 0.15) is 0 Å². The minimum Gasteiger partial charge on any atom is -0.395 e. The molecular weight excluding hydrogens is 212 g/mol. The van der Waals surface area contributed by atoms with Gasteiger partial charge in [-0.1, -0.05) is 12.1 Å². The average molecular weight is 234 g/mol. The van der Waals surface area contributed by atoms with Crippen LogP contribution in [0.3, 0.4) is 0 Å². The lowest BCUT2D eigenvalue weighted by molar-refractivity contribution is 0.286. The summed E-state index contributed by atoms with van der Waals surface area (Å²) in [5.41, 5.74) is 2.63. The van der Waals surface area contributed by atoms with Crippen molar-refractivity contribution < 1.29 is 5.11 Å². The van der Waals surface area contributed by atoms with Gasteiger partial charge in [0, 0.05) is 31.4 Å². The van der Waals surface area contributed by atoms with Crippen LogP contribution in [0, 0.1) is 0 Å². The second kappa shape index (κ2) is 6.03. The zero-order valence-electron chi connectivity index (χ0n) is 10.5. The summed E-state index contributed by atoms with van der Waals surface area (Å²) in [4.78, 5) is 2.45.